The predicted octanol–water partition coefficient (Wildman–Crippen LogP) is 2.65. The number of guanidine groups is 1. The van der Waals surface area contributed by atoms with E-state index >= 15 is 0 Å². The highest BCUT2D eigenvalue weighted by molar-refractivity contribution is 14.0. The Bertz CT molecular complexity index is 558. The molecule has 1 aromatic carbocycles. The van der Waals surface area contributed by atoms with E-state index in [-0.39, 0.29) is 29.9 Å². The topological polar surface area (TPSA) is 75.2 Å². The quantitative estimate of drug-likeness (QED) is 0.171. The average molecular weight is 520 g/mol. The highest BCUT2D eigenvalue weighted by Crippen LogP contribution is 2.03. The van der Waals surface area contributed by atoms with Gasteiger partial charge in [-0.05, 0) is 12.0 Å². The Morgan fingerprint density at radius 3 is 2.34 bits per heavy atom. The number of amides is 1. The van der Waals surface area contributed by atoms with E-state index in [9.17, 15) is 4.79 Å². The number of unbranched alkanes of at least 4 members (excludes halogenated alkanes) is 1. The largest absolute Gasteiger partial charge is 0.379 e. The smallest absolute Gasteiger partial charge is 0.224 e. The number of aliphatic imine (C=N–C) groups is 1. The second-order valence-corrected chi connectivity index (χ2v) is 6.49. The van der Waals surface area contributed by atoms with Gasteiger partial charge in [-0.15, -0.1) is 24.0 Å². The number of halogens is 1. The molecule has 0 aliphatic carbocycles. The first-order chi connectivity index (χ1) is 13.7. The lowest BCUT2D eigenvalue weighted by Crippen LogP contribution is -2.40. The van der Waals surface area contributed by atoms with Gasteiger partial charge in [0.2, 0.25) is 5.91 Å². The molecule has 1 rings (SSSR count). The molecule has 2 N–H and O–H groups in total. The summed E-state index contributed by atoms with van der Waals surface area (Å²) in [5, 5.41) is 6.33. The molecular weight excluding hydrogens is 483 g/mol. The number of nitrogens with one attached hydrogen (secondary N) is 2. The van der Waals surface area contributed by atoms with Crippen LogP contribution in [0.5, 0.6) is 0 Å². The lowest BCUT2D eigenvalue weighted by Gasteiger charge is -2.18. The highest BCUT2D eigenvalue weighted by atomic mass is 127. The fourth-order valence-electron chi connectivity index (χ4n) is 2.45. The van der Waals surface area contributed by atoms with Gasteiger partial charge >= 0.3 is 0 Å². The molecule has 0 spiro atoms. The number of hydrogen-bond acceptors (Lipinski definition) is 4. The maximum Gasteiger partial charge on any atom is 0.224 e. The van der Waals surface area contributed by atoms with E-state index in [4.69, 9.17) is 9.47 Å². The van der Waals surface area contributed by atoms with Crippen molar-refractivity contribution in [1.82, 2.24) is 15.5 Å². The van der Waals surface area contributed by atoms with Crippen LogP contribution in [0.25, 0.3) is 0 Å². The molecule has 0 atom stereocenters. The van der Waals surface area contributed by atoms with Gasteiger partial charge in [-0.2, -0.15) is 0 Å². The van der Waals surface area contributed by atoms with E-state index in [1.54, 1.807) is 11.9 Å². The van der Waals surface area contributed by atoms with Crippen molar-refractivity contribution in [2.75, 3.05) is 53.6 Å². The van der Waals surface area contributed by atoms with Crippen molar-refractivity contribution in [3.05, 3.63) is 35.9 Å². The van der Waals surface area contributed by atoms with Crippen LogP contribution in [0.15, 0.2) is 35.3 Å². The molecule has 8 heteroatoms. The maximum absolute atomic E-state index is 12.2. The second-order valence-electron chi connectivity index (χ2n) is 6.49. The van der Waals surface area contributed by atoms with Crippen molar-refractivity contribution in [1.29, 1.82) is 0 Å². The Kier molecular flexibility index (Phi) is 17.7. The molecular formula is C21H37IN4O3. The van der Waals surface area contributed by atoms with Gasteiger partial charge in [-0.25, -0.2) is 0 Å². The minimum absolute atomic E-state index is 0. The third-order valence-electron chi connectivity index (χ3n) is 4.10. The summed E-state index contributed by atoms with van der Waals surface area (Å²) in [5.74, 6) is 0.763. The second kappa shape index (κ2) is 18.6. The van der Waals surface area contributed by atoms with Crippen LogP contribution in [-0.2, 0) is 20.8 Å². The van der Waals surface area contributed by atoms with Crippen LogP contribution < -0.4 is 10.6 Å². The van der Waals surface area contributed by atoms with E-state index < -0.39 is 0 Å². The highest BCUT2D eigenvalue weighted by Gasteiger charge is 2.09. The maximum atomic E-state index is 12.2. The number of rotatable bonds is 14. The predicted molar refractivity (Wildman–Crippen MR) is 129 cm³/mol. The summed E-state index contributed by atoms with van der Waals surface area (Å²) in [6.07, 6.45) is 2.65. The number of carbonyl (C=O) groups is 1. The van der Waals surface area contributed by atoms with Gasteiger partial charge in [0.1, 0.15) is 0 Å². The molecule has 0 saturated heterocycles. The fraction of sp³-hybridized carbons (Fsp3) is 0.619. The third-order valence-corrected chi connectivity index (χ3v) is 4.10. The van der Waals surface area contributed by atoms with E-state index in [0.29, 0.717) is 51.8 Å². The number of hydrogen-bond donors (Lipinski definition) is 2. The first-order valence-corrected chi connectivity index (χ1v) is 10.0. The number of ether oxygens (including phenoxy) is 2. The Balaban J connectivity index is 0.00000784. The van der Waals surface area contributed by atoms with Gasteiger partial charge in [0.25, 0.3) is 0 Å². The normalized spacial score (nSPS) is 10.9. The zero-order valence-electron chi connectivity index (χ0n) is 18.0. The van der Waals surface area contributed by atoms with Crippen molar-refractivity contribution in [2.24, 2.45) is 4.99 Å². The Morgan fingerprint density at radius 1 is 1.03 bits per heavy atom. The van der Waals surface area contributed by atoms with Crippen LogP contribution in [0.3, 0.4) is 0 Å². The van der Waals surface area contributed by atoms with Crippen LogP contribution in [-0.4, -0.2) is 70.4 Å². The summed E-state index contributed by atoms with van der Waals surface area (Å²) in [4.78, 5) is 18.1. The van der Waals surface area contributed by atoms with Gasteiger partial charge in [0, 0.05) is 46.8 Å². The SMILES string of the molecule is CCCCOCCOCCNC(=NC)NCCC(=O)N(C)Cc1ccccc1.I. The summed E-state index contributed by atoms with van der Waals surface area (Å²) in [6, 6.07) is 9.98. The summed E-state index contributed by atoms with van der Waals surface area (Å²) >= 11 is 0. The van der Waals surface area contributed by atoms with Gasteiger partial charge in [0.05, 0.1) is 19.8 Å². The molecule has 29 heavy (non-hydrogen) atoms. The lowest BCUT2D eigenvalue weighted by molar-refractivity contribution is -0.130. The third kappa shape index (κ3) is 14.3. The van der Waals surface area contributed by atoms with Gasteiger partial charge in [-0.3, -0.25) is 9.79 Å². The Morgan fingerprint density at radius 2 is 1.69 bits per heavy atom. The van der Waals surface area contributed by atoms with Crippen LogP contribution in [0.2, 0.25) is 0 Å². The van der Waals surface area contributed by atoms with Crippen LogP contribution in [0.1, 0.15) is 31.7 Å². The zero-order valence-corrected chi connectivity index (χ0v) is 20.3. The van der Waals surface area contributed by atoms with E-state index in [0.717, 1.165) is 25.0 Å². The minimum atomic E-state index is 0. The minimum Gasteiger partial charge on any atom is -0.379 e. The first-order valence-electron chi connectivity index (χ1n) is 10.0. The van der Waals surface area contributed by atoms with Gasteiger partial charge in [0.15, 0.2) is 5.96 Å². The molecule has 0 heterocycles. The molecule has 0 bridgehead atoms. The van der Waals surface area contributed by atoms with Crippen molar-refractivity contribution < 1.29 is 14.3 Å². The molecule has 0 aliphatic heterocycles. The van der Waals surface area contributed by atoms with Crippen LogP contribution >= 0.6 is 24.0 Å². The molecule has 1 amide bonds. The Labute approximate surface area is 192 Å². The van der Waals surface area contributed by atoms with Crippen LogP contribution in [0, 0.1) is 0 Å². The summed E-state index contributed by atoms with van der Waals surface area (Å²) in [6.45, 7) is 6.55. The monoisotopic (exact) mass is 520 g/mol. The van der Waals surface area contributed by atoms with Crippen LogP contribution in [0.4, 0.5) is 0 Å². The first kappa shape index (κ1) is 27.6. The lowest BCUT2D eigenvalue weighted by atomic mass is 10.2. The summed E-state index contributed by atoms with van der Waals surface area (Å²) < 4.78 is 10.9. The molecule has 166 valence electrons. The van der Waals surface area contributed by atoms with E-state index in [1.807, 2.05) is 37.4 Å². The molecule has 0 aliphatic rings. The number of benzene rings is 1. The van der Waals surface area contributed by atoms with Crippen molar-refractivity contribution in [3.63, 3.8) is 0 Å². The number of carbonyl (C=O) groups excluding carboxylic acids is 1. The molecule has 0 unspecified atom stereocenters. The van der Waals surface area contributed by atoms with Gasteiger partial charge in [-0.1, -0.05) is 43.7 Å². The van der Waals surface area contributed by atoms with Crippen molar-refractivity contribution >= 4 is 35.8 Å². The fourth-order valence-corrected chi connectivity index (χ4v) is 2.45. The summed E-state index contributed by atoms with van der Waals surface area (Å²) in [7, 11) is 3.53. The molecule has 0 radical (unpaired) electrons. The van der Waals surface area contributed by atoms with Crippen molar-refractivity contribution in [2.45, 2.75) is 32.7 Å². The Hall–Kier alpha value is -1.39. The zero-order chi connectivity index (χ0) is 20.5. The average Bonchev–Trinajstić information content (AvgIpc) is 2.71. The van der Waals surface area contributed by atoms with Crippen molar-refractivity contribution in [3.8, 4) is 0 Å². The standard InChI is InChI=1S/C21H36N4O3.HI/c1-4-5-14-27-16-17-28-15-13-24-21(22-2)23-12-11-20(26)25(3)18-19-9-7-6-8-10-19;/h6-10H,4-5,11-18H2,1-3H3,(H2,22,23,24);1H. The summed E-state index contributed by atoms with van der Waals surface area (Å²) in [5.41, 5.74) is 1.12. The molecule has 0 saturated carbocycles. The van der Waals surface area contributed by atoms with E-state index in [2.05, 4.69) is 22.5 Å². The number of nitrogens with zero attached hydrogens (tertiary/aromatic N) is 2. The molecule has 1 aromatic rings. The molecule has 0 fully saturated rings. The molecule has 7 nitrogen and oxygen atoms in total. The van der Waals surface area contributed by atoms with E-state index in [1.165, 1.54) is 0 Å². The van der Waals surface area contributed by atoms with Gasteiger partial charge < -0.3 is 25.0 Å². The molecule has 0 aromatic heterocycles.